The molecule has 1 N–H and O–H groups in total. The maximum atomic E-state index is 11.8. The summed E-state index contributed by atoms with van der Waals surface area (Å²) in [5.74, 6) is 0.640. The molecule has 1 aliphatic heterocycles. The molecular weight excluding hydrogens is 318 g/mol. The van der Waals surface area contributed by atoms with Crippen LogP contribution in [0.4, 0.5) is 23.0 Å². The molecule has 0 spiro atoms. The Morgan fingerprint density at radius 3 is 2.80 bits per heavy atom. The van der Waals surface area contributed by atoms with Crippen molar-refractivity contribution in [3.05, 3.63) is 45.8 Å². The number of hydrogen-bond acceptors (Lipinski definition) is 6. The van der Waals surface area contributed by atoms with Gasteiger partial charge in [-0.2, -0.15) is 0 Å². The molecule has 0 aliphatic carbocycles. The summed E-state index contributed by atoms with van der Waals surface area (Å²) in [6.07, 6.45) is 4.58. The summed E-state index contributed by atoms with van der Waals surface area (Å²) in [6, 6.07) is 6.19. The quantitative estimate of drug-likeness (QED) is 0.665. The molecule has 7 heteroatoms. The van der Waals surface area contributed by atoms with Gasteiger partial charge in [0.25, 0.3) is 0 Å². The molecule has 132 valence electrons. The molecule has 0 bridgehead atoms. The van der Waals surface area contributed by atoms with Crippen LogP contribution in [0.3, 0.4) is 0 Å². The van der Waals surface area contributed by atoms with Gasteiger partial charge in [0.1, 0.15) is 6.33 Å². The lowest BCUT2D eigenvalue weighted by Crippen LogP contribution is -2.38. The van der Waals surface area contributed by atoms with Gasteiger partial charge in [-0.15, -0.1) is 0 Å². The lowest BCUT2D eigenvalue weighted by atomic mass is 10.0. The van der Waals surface area contributed by atoms with E-state index >= 15 is 0 Å². The molecule has 25 heavy (non-hydrogen) atoms. The Morgan fingerprint density at radius 2 is 2.08 bits per heavy atom. The predicted octanol–water partition coefficient (Wildman–Crippen LogP) is 4.12. The van der Waals surface area contributed by atoms with E-state index in [4.69, 9.17) is 0 Å². The first-order chi connectivity index (χ1) is 12.0. The molecule has 1 saturated heterocycles. The van der Waals surface area contributed by atoms with Gasteiger partial charge in [-0.3, -0.25) is 10.1 Å². The molecule has 7 nitrogen and oxygen atoms in total. The summed E-state index contributed by atoms with van der Waals surface area (Å²) in [4.78, 5) is 21.8. The lowest BCUT2D eigenvalue weighted by Gasteiger charge is -2.33. The van der Waals surface area contributed by atoms with Crippen molar-refractivity contribution < 1.29 is 4.92 Å². The van der Waals surface area contributed by atoms with Gasteiger partial charge in [0.05, 0.1) is 4.92 Å². The monoisotopic (exact) mass is 341 g/mol. The molecule has 1 aromatic carbocycles. The maximum Gasteiger partial charge on any atom is 0.353 e. The van der Waals surface area contributed by atoms with Gasteiger partial charge in [-0.25, -0.2) is 9.97 Å². The fraction of sp³-hybridized carbons (Fsp3) is 0.444. The van der Waals surface area contributed by atoms with E-state index in [9.17, 15) is 10.1 Å². The summed E-state index contributed by atoms with van der Waals surface area (Å²) in [6.45, 7) is 6.81. The zero-order valence-electron chi connectivity index (χ0n) is 14.8. The van der Waals surface area contributed by atoms with E-state index in [1.807, 2.05) is 36.9 Å². The minimum atomic E-state index is -0.385. The van der Waals surface area contributed by atoms with Crippen LogP contribution < -0.4 is 10.2 Å². The van der Waals surface area contributed by atoms with Gasteiger partial charge in [0.2, 0.25) is 11.6 Å². The van der Waals surface area contributed by atoms with E-state index in [-0.39, 0.29) is 22.5 Å². The highest BCUT2D eigenvalue weighted by Crippen LogP contribution is 2.36. The van der Waals surface area contributed by atoms with Crippen LogP contribution in [0.5, 0.6) is 0 Å². The molecule has 1 atom stereocenters. The Kier molecular flexibility index (Phi) is 4.83. The minimum Gasteiger partial charge on any atom is -0.348 e. The van der Waals surface area contributed by atoms with Crippen molar-refractivity contribution in [1.82, 2.24) is 9.97 Å². The van der Waals surface area contributed by atoms with Crippen LogP contribution in [0.25, 0.3) is 0 Å². The number of nitro groups is 1. The summed E-state index contributed by atoms with van der Waals surface area (Å²) >= 11 is 0. The van der Waals surface area contributed by atoms with E-state index in [0.29, 0.717) is 5.82 Å². The molecule has 2 heterocycles. The van der Waals surface area contributed by atoms with Crippen molar-refractivity contribution in [2.45, 2.75) is 46.1 Å². The number of nitrogens with zero attached hydrogens (tertiary/aromatic N) is 4. The highest BCUT2D eigenvalue weighted by molar-refractivity contribution is 5.75. The number of aromatic nitrogens is 2. The van der Waals surface area contributed by atoms with Crippen LogP contribution >= 0.6 is 0 Å². The van der Waals surface area contributed by atoms with E-state index in [0.717, 1.165) is 42.6 Å². The first-order valence-electron chi connectivity index (χ1n) is 8.57. The van der Waals surface area contributed by atoms with Crippen molar-refractivity contribution in [2.24, 2.45) is 0 Å². The second kappa shape index (κ2) is 7.04. The maximum absolute atomic E-state index is 11.8. The zero-order valence-corrected chi connectivity index (χ0v) is 14.8. The average molecular weight is 341 g/mol. The molecule has 0 saturated carbocycles. The second-order valence-electron chi connectivity index (χ2n) is 6.63. The Morgan fingerprint density at radius 1 is 1.28 bits per heavy atom. The summed E-state index contributed by atoms with van der Waals surface area (Å²) in [5.41, 5.74) is 2.85. The number of anilines is 3. The Bertz CT molecular complexity index is 793. The lowest BCUT2D eigenvalue weighted by molar-refractivity contribution is -0.383. The Labute approximate surface area is 147 Å². The SMILES string of the molecule is Cc1ccc(C)c(Nc2ncnc(N3CCCCC3C)c2[N+](=O)[O-])c1. The van der Waals surface area contributed by atoms with Crippen LogP contribution in [0.15, 0.2) is 24.5 Å². The number of aryl methyl sites for hydroxylation is 2. The third kappa shape index (κ3) is 3.55. The number of hydrogen-bond donors (Lipinski definition) is 1. The summed E-state index contributed by atoms with van der Waals surface area (Å²) in [5, 5.41) is 14.9. The van der Waals surface area contributed by atoms with Crippen molar-refractivity contribution in [1.29, 1.82) is 0 Å². The van der Waals surface area contributed by atoms with Crippen molar-refractivity contribution >= 4 is 23.0 Å². The van der Waals surface area contributed by atoms with E-state index in [1.165, 1.54) is 6.33 Å². The van der Waals surface area contributed by atoms with Crippen molar-refractivity contribution in [2.75, 3.05) is 16.8 Å². The first kappa shape index (κ1) is 17.1. The van der Waals surface area contributed by atoms with Crippen LogP contribution in [0.2, 0.25) is 0 Å². The molecule has 2 aromatic rings. The second-order valence-corrected chi connectivity index (χ2v) is 6.63. The fourth-order valence-corrected chi connectivity index (χ4v) is 3.25. The van der Waals surface area contributed by atoms with Gasteiger partial charge in [0.15, 0.2) is 0 Å². The van der Waals surface area contributed by atoms with Crippen LogP contribution in [-0.2, 0) is 0 Å². The average Bonchev–Trinajstić information content (AvgIpc) is 2.58. The van der Waals surface area contributed by atoms with Crippen LogP contribution in [0.1, 0.15) is 37.3 Å². The number of nitrogens with one attached hydrogen (secondary N) is 1. The van der Waals surface area contributed by atoms with Gasteiger partial charge >= 0.3 is 5.69 Å². The zero-order chi connectivity index (χ0) is 18.0. The third-order valence-electron chi connectivity index (χ3n) is 4.71. The van der Waals surface area contributed by atoms with E-state index < -0.39 is 0 Å². The van der Waals surface area contributed by atoms with Gasteiger partial charge in [-0.05, 0) is 57.2 Å². The highest BCUT2D eigenvalue weighted by Gasteiger charge is 2.30. The number of rotatable bonds is 4. The minimum absolute atomic E-state index is 0.0582. The largest absolute Gasteiger partial charge is 0.353 e. The molecule has 1 aromatic heterocycles. The van der Waals surface area contributed by atoms with Crippen molar-refractivity contribution in [3.8, 4) is 0 Å². The van der Waals surface area contributed by atoms with Crippen LogP contribution in [0, 0.1) is 24.0 Å². The number of piperidine rings is 1. The Balaban J connectivity index is 2.03. The summed E-state index contributed by atoms with van der Waals surface area (Å²) < 4.78 is 0. The topological polar surface area (TPSA) is 84.2 Å². The first-order valence-corrected chi connectivity index (χ1v) is 8.57. The normalized spacial score (nSPS) is 17.4. The third-order valence-corrected chi connectivity index (χ3v) is 4.71. The molecule has 3 rings (SSSR count). The molecule has 1 unspecified atom stereocenters. The van der Waals surface area contributed by atoms with E-state index in [1.54, 1.807) is 0 Å². The van der Waals surface area contributed by atoms with Gasteiger partial charge < -0.3 is 10.2 Å². The van der Waals surface area contributed by atoms with Gasteiger partial charge in [0, 0.05) is 18.3 Å². The van der Waals surface area contributed by atoms with E-state index in [2.05, 4.69) is 22.2 Å². The highest BCUT2D eigenvalue weighted by atomic mass is 16.6. The predicted molar refractivity (Wildman–Crippen MR) is 98.5 cm³/mol. The molecular formula is C18H23N5O2. The van der Waals surface area contributed by atoms with Crippen LogP contribution in [-0.4, -0.2) is 27.5 Å². The van der Waals surface area contributed by atoms with Gasteiger partial charge in [-0.1, -0.05) is 12.1 Å². The molecule has 1 aliphatic rings. The fourth-order valence-electron chi connectivity index (χ4n) is 3.25. The molecule has 1 fully saturated rings. The molecule has 0 amide bonds. The molecule has 0 radical (unpaired) electrons. The Hall–Kier alpha value is -2.70. The standard InChI is InChI=1S/C18H23N5O2/c1-12-7-8-13(2)15(10-12)21-17-16(23(24)25)18(20-11-19-17)22-9-5-4-6-14(22)3/h7-8,10-11,14H,4-6,9H2,1-3H3,(H,19,20,21). The summed E-state index contributed by atoms with van der Waals surface area (Å²) in [7, 11) is 0. The number of benzene rings is 1. The smallest absolute Gasteiger partial charge is 0.348 e. The van der Waals surface area contributed by atoms with Crippen molar-refractivity contribution in [3.63, 3.8) is 0 Å².